The second kappa shape index (κ2) is 8.23. The van der Waals surface area contributed by atoms with Crippen molar-refractivity contribution in [3.63, 3.8) is 0 Å². The summed E-state index contributed by atoms with van der Waals surface area (Å²) >= 11 is 0. The summed E-state index contributed by atoms with van der Waals surface area (Å²) in [6, 6.07) is 13.6. The van der Waals surface area contributed by atoms with Gasteiger partial charge in [-0.15, -0.1) is 0 Å². The molecule has 0 spiro atoms. The van der Waals surface area contributed by atoms with Gasteiger partial charge in [-0.1, -0.05) is 37.1 Å². The fourth-order valence-corrected chi connectivity index (χ4v) is 5.21. The summed E-state index contributed by atoms with van der Waals surface area (Å²) in [4.78, 5) is 11.7. The summed E-state index contributed by atoms with van der Waals surface area (Å²) in [5.74, 6) is 0.673. The minimum atomic E-state index is -3.65. The average molecular weight is 388 g/mol. The van der Waals surface area contributed by atoms with E-state index in [2.05, 4.69) is 0 Å². The quantitative estimate of drug-likeness (QED) is 0.721. The highest BCUT2D eigenvalue weighted by Gasteiger charge is 2.33. The lowest BCUT2D eigenvalue weighted by Gasteiger charge is -2.29. The summed E-state index contributed by atoms with van der Waals surface area (Å²) in [5, 5.41) is 0. The van der Waals surface area contributed by atoms with Crippen LogP contribution in [-0.4, -0.2) is 32.2 Å². The van der Waals surface area contributed by atoms with Gasteiger partial charge in [-0.3, -0.25) is 4.79 Å². The van der Waals surface area contributed by atoms with Crippen molar-refractivity contribution in [2.24, 2.45) is 0 Å². The van der Waals surface area contributed by atoms with E-state index in [0.29, 0.717) is 12.1 Å². The highest BCUT2D eigenvalue weighted by Crippen LogP contribution is 2.35. The molecule has 6 heteroatoms. The van der Waals surface area contributed by atoms with Crippen LogP contribution in [0.25, 0.3) is 0 Å². The first-order chi connectivity index (χ1) is 12.9. The number of Topliss-reactive ketones (excluding diaryl/α,β-unsaturated/α-hetero) is 1. The molecule has 144 valence electrons. The summed E-state index contributed by atoms with van der Waals surface area (Å²) in [7, 11) is -2.04. The van der Waals surface area contributed by atoms with E-state index in [1.807, 2.05) is 24.3 Å². The normalized spacial score (nSPS) is 18.7. The Hall–Kier alpha value is -2.18. The highest BCUT2D eigenvalue weighted by molar-refractivity contribution is 7.89. The van der Waals surface area contributed by atoms with Crippen LogP contribution in [0.2, 0.25) is 0 Å². The average Bonchev–Trinajstić information content (AvgIpc) is 2.95. The number of hydrogen-bond acceptors (Lipinski definition) is 4. The molecule has 1 aliphatic rings. The number of methoxy groups -OCH3 is 1. The van der Waals surface area contributed by atoms with Crippen molar-refractivity contribution in [2.45, 2.75) is 43.5 Å². The number of nitrogens with zero attached hydrogens (tertiary/aromatic N) is 1. The molecule has 0 aliphatic carbocycles. The van der Waals surface area contributed by atoms with Gasteiger partial charge in [0, 0.05) is 12.1 Å². The highest BCUT2D eigenvalue weighted by atomic mass is 32.2. The van der Waals surface area contributed by atoms with Crippen LogP contribution in [0.5, 0.6) is 5.75 Å². The molecule has 27 heavy (non-hydrogen) atoms. The topological polar surface area (TPSA) is 63.7 Å². The molecular weight excluding hydrogens is 362 g/mol. The van der Waals surface area contributed by atoms with Crippen molar-refractivity contribution in [3.05, 3.63) is 59.7 Å². The molecule has 5 nitrogen and oxygen atoms in total. The second-order valence-corrected chi connectivity index (χ2v) is 8.73. The lowest BCUT2D eigenvalue weighted by Crippen LogP contribution is -2.34. The first kappa shape index (κ1) is 19.6. The third-order valence-corrected chi connectivity index (χ3v) is 6.99. The molecule has 1 saturated heterocycles. The maximum atomic E-state index is 13.3. The Bertz CT molecular complexity index is 889. The fourth-order valence-electron chi connectivity index (χ4n) is 3.53. The minimum Gasteiger partial charge on any atom is -0.497 e. The maximum Gasteiger partial charge on any atom is 0.243 e. The van der Waals surface area contributed by atoms with Crippen LogP contribution >= 0.6 is 0 Å². The largest absolute Gasteiger partial charge is 0.497 e. The second-order valence-electron chi connectivity index (χ2n) is 6.83. The molecule has 0 unspecified atom stereocenters. The predicted octanol–water partition coefficient (Wildman–Crippen LogP) is 4.20. The van der Waals surface area contributed by atoms with E-state index < -0.39 is 10.0 Å². The Labute approximate surface area is 161 Å². The summed E-state index contributed by atoms with van der Waals surface area (Å²) < 4.78 is 33.5. The molecule has 0 saturated carbocycles. The van der Waals surface area contributed by atoms with E-state index in [1.165, 1.54) is 19.1 Å². The van der Waals surface area contributed by atoms with E-state index in [1.54, 1.807) is 23.5 Å². The first-order valence-electron chi connectivity index (χ1n) is 9.20. The van der Waals surface area contributed by atoms with E-state index in [9.17, 15) is 13.2 Å². The third kappa shape index (κ3) is 4.22. The molecule has 0 N–H and O–H groups in total. The number of rotatable bonds is 5. The molecule has 2 aromatic carbocycles. The van der Waals surface area contributed by atoms with Gasteiger partial charge in [0.25, 0.3) is 0 Å². The maximum absolute atomic E-state index is 13.3. The Morgan fingerprint density at radius 1 is 1.00 bits per heavy atom. The van der Waals surface area contributed by atoms with E-state index in [0.717, 1.165) is 37.0 Å². The van der Waals surface area contributed by atoms with Gasteiger partial charge in [-0.05, 0) is 49.6 Å². The van der Waals surface area contributed by atoms with Crippen LogP contribution in [-0.2, 0) is 10.0 Å². The molecular formula is C21H25NO4S. The van der Waals surface area contributed by atoms with Crippen LogP contribution in [0.1, 0.15) is 54.6 Å². The van der Waals surface area contributed by atoms with Gasteiger partial charge in [0.05, 0.1) is 18.0 Å². The Morgan fingerprint density at radius 2 is 1.67 bits per heavy atom. The van der Waals surface area contributed by atoms with E-state index in [4.69, 9.17) is 4.74 Å². The van der Waals surface area contributed by atoms with Crippen molar-refractivity contribution in [3.8, 4) is 5.75 Å². The lowest BCUT2D eigenvalue weighted by molar-refractivity contribution is 0.101. The Morgan fingerprint density at radius 3 is 2.26 bits per heavy atom. The van der Waals surface area contributed by atoms with Gasteiger partial charge in [0.1, 0.15) is 5.75 Å². The number of hydrogen-bond donors (Lipinski definition) is 0. The zero-order valence-corrected chi connectivity index (χ0v) is 16.5. The molecule has 2 aromatic rings. The summed E-state index contributed by atoms with van der Waals surface area (Å²) in [5.41, 5.74) is 1.48. The van der Waals surface area contributed by atoms with Crippen molar-refractivity contribution < 1.29 is 17.9 Å². The van der Waals surface area contributed by atoms with E-state index >= 15 is 0 Å². The molecule has 0 aromatic heterocycles. The zero-order valence-electron chi connectivity index (χ0n) is 15.7. The predicted molar refractivity (Wildman–Crippen MR) is 105 cm³/mol. The lowest BCUT2D eigenvalue weighted by atomic mass is 10.0. The summed E-state index contributed by atoms with van der Waals surface area (Å²) in [6.45, 7) is 1.96. The van der Waals surface area contributed by atoms with Crippen molar-refractivity contribution in [2.75, 3.05) is 13.7 Å². The number of carbonyl (C=O) groups is 1. The van der Waals surface area contributed by atoms with Gasteiger partial charge in [-0.2, -0.15) is 4.31 Å². The molecule has 3 rings (SSSR count). The SMILES string of the molecule is COc1ccc([C@@H]2CCCCCN2S(=O)(=O)c2ccc(C(C)=O)cc2)cc1. The smallest absolute Gasteiger partial charge is 0.243 e. The van der Waals surface area contributed by atoms with Crippen LogP contribution in [0.4, 0.5) is 0 Å². The number of ketones is 1. The van der Waals surface area contributed by atoms with Gasteiger partial charge in [0.2, 0.25) is 10.0 Å². The third-order valence-electron chi connectivity index (χ3n) is 5.07. The summed E-state index contributed by atoms with van der Waals surface area (Å²) in [6.07, 6.45) is 3.64. The van der Waals surface area contributed by atoms with Crippen LogP contribution in [0.3, 0.4) is 0 Å². The monoisotopic (exact) mass is 387 g/mol. The number of benzene rings is 2. The molecule has 0 amide bonds. The molecule has 1 aliphatic heterocycles. The molecule has 0 bridgehead atoms. The fraction of sp³-hybridized carbons (Fsp3) is 0.381. The van der Waals surface area contributed by atoms with Crippen molar-refractivity contribution in [1.82, 2.24) is 4.31 Å². The van der Waals surface area contributed by atoms with E-state index in [-0.39, 0.29) is 16.7 Å². The van der Waals surface area contributed by atoms with Crippen LogP contribution < -0.4 is 4.74 Å². The minimum absolute atomic E-state index is 0.0789. The van der Waals surface area contributed by atoms with Crippen molar-refractivity contribution in [1.29, 1.82) is 0 Å². The zero-order chi connectivity index (χ0) is 19.4. The van der Waals surface area contributed by atoms with Gasteiger partial charge in [-0.25, -0.2) is 8.42 Å². The first-order valence-corrected chi connectivity index (χ1v) is 10.6. The number of sulfonamides is 1. The Kier molecular flexibility index (Phi) is 5.97. The molecule has 1 fully saturated rings. The molecule has 1 heterocycles. The van der Waals surface area contributed by atoms with Gasteiger partial charge in [0.15, 0.2) is 5.78 Å². The Balaban J connectivity index is 1.96. The van der Waals surface area contributed by atoms with Crippen LogP contribution in [0.15, 0.2) is 53.4 Å². The number of ether oxygens (including phenoxy) is 1. The standard InChI is InChI=1S/C21H25NO4S/c1-16(23)17-9-13-20(14-10-17)27(24,25)22-15-5-3-4-6-21(22)18-7-11-19(26-2)12-8-18/h7-14,21H,3-6,15H2,1-2H3/t21-/m0/s1. The number of carbonyl (C=O) groups excluding carboxylic acids is 1. The van der Waals surface area contributed by atoms with Gasteiger partial charge < -0.3 is 4.74 Å². The van der Waals surface area contributed by atoms with Crippen molar-refractivity contribution >= 4 is 15.8 Å². The molecule has 0 radical (unpaired) electrons. The van der Waals surface area contributed by atoms with Gasteiger partial charge >= 0.3 is 0 Å². The molecule has 1 atom stereocenters. The van der Waals surface area contributed by atoms with Crippen LogP contribution in [0, 0.1) is 0 Å².